The number of ether oxygens (including phenoxy) is 4. The lowest BCUT2D eigenvalue weighted by molar-refractivity contribution is 0.0954. The number of hydrogen-bond acceptors (Lipinski definition) is 11. The van der Waals surface area contributed by atoms with Gasteiger partial charge in [0.2, 0.25) is 0 Å². The maximum Gasteiger partial charge on any atom is 0.192 e. The summed E-state index contributed by atoms with van der Waals surface area (Å²) in [5, 5.41) is 29.5. The number of nitrogens with zero attached hydrogens (tertiary/aromatic N) is 5. The van der Waals surface area contributed by atoms with Gasteiger partial charge >= 0.3 is 0 Å². The molecule has 0 bridgehead atoms. The van der Waals surface area contributed by atoms with E-state index in [-0.39, 0.29) is 27.0 Å². The highest BCUT2D eigenvalue weighted by atomic mass is 28.4. The van der Waals surface area contributed by atoms with E-state index in [2.05, 4.69) is 148 Å². The van der Waals surface area contributed by atoms with E-state index in [0.717, 1.165) is 65.8 Å². The largest absolute Gasteiger partial charge is 0.491 e. The third-order valence-corrected chi connectivity index (χ3v) is 22.9. The van der Waals surface area contributed by atoms with Gasteiger partial charge in [0.15, 0.2) is 28.0 Å². The van der Waals surface area contributed by atoms with Gasteiger partial charge in [-0.25, -0.2) is 0 Å². The molecule has 0 amide bonds. The lowest BCUT2D eigenvalue weighted by Gasteiger charge is -2.36. The minimum absolute atomic E-state index is 0.00582. The number of allylic oxidation sites excluding steroid dienone is 9. The molecule has 0 N–H and O–H groups in total. The Morgan fingerprint density at radius 3 is 1.46 bits per heavy atom. The average Bonchev–Trinajstić information content (AvgIpc) is 3.57. The summed E-state index contributed by atoms with van der Waals surface area (Å²) in [6.45, 7) is 39.9. The Bertz CT molecular complexity index is 2450. The molecule has 71 heavy (non-hydrogen) atoms. The molecule has 0 saturated heterocycles. The monoisotopic (exact) mass is 998 g/mol. The van der Waals surface area contributed by atoms with Crippen LogP contribution >= 0.6 is 0 Å². The fraction of sp³-hybridized carbons (Fsp3) is 0.466. The molecule has 2 aromatic carbocycles. The van der Waals surface area contributed by atoms with Crippen molar-refractivity contribution < 1.29 is 27.8 Å². The van der Waals surface area contributed by atoms with Crippen LogP contribution in [0.15, 0.2) is 119 Å². The second-order valence-electron chi connectivity index (χ2n) is 21.0. The summed E-state index contributed by atoms with van der Waals surface area (Å²) in [6.07, 6.45) is 17.3. The molecule has 0 unspecified atom stereocenters. The Labute approximate surface area is 428 Å². The summed E-state index contributed by atoms with van der Waals surface area (Å²) in [6, 6.07) is 18.5. The van der Waals surface area contributed by atoms with Crippen molar-refractivity contribution in [2.75, 3.05) is 62.4 Å². The van der Waals surface area contributed by atoms with E-state index in [4.69, 9.17) is 27.8 Å². The van der Waals surface area contributed by atoms with E-state index >= 15 is 0 Å². The van der Waals surface area contributed by atoms with Gasteiger partial charge in [-0.2, -0.15) is 15.8 Å². The van der Waals surface area contributed by atoms with E-state index in [1.807, 2.05) is 60.7 Å². The maximum atomic E-state index is 10.1. The van der Waals surface area contributed by atoms with Crippen LogP contribution in [0.2, 0.25) is 36.3 Å². The second-order valence-corrected chi connectivity index (χ2v) is 30.7. The predicted octanol–water partition coefficient (Wildman–Crippen LogP) is 14.1. The van der Waals surface area contributed by atoms with Gasteiger partial charge in [0.25, 0.3) is 0 Å². The van der Waals surface area contributed by atoms with Crippen LogP contribution in [0.3, 0.4) is 0 Å². The van der Waals surface area contributed by atoms with Gasteiger partial charge in [-0.1, -0.05) is 59.8 Å². The first kappa shape index (κ1) is 57.6. The molecular formula is C58H79N5O6Si2. The van der Waals surface area contributed by atoms with Crippen LogP contribution < -0.4 is 19.3 Å². The third kappa shape index (κ3) is 15.2. The molecule has 4 rings (SSSR count). The smallest absolute Gasteiger partial charge is 0.192 e. The molecule has 0 aliphatic carbocycles. The number of rotatable bonds is 22. The minimum Gasteiger partial charge on any atom is -0.491 e. The fourth-order valence-corrected chi connectivity index (χ4v) is 9.43. The molecule has 0 saturated carbocycles. The first-order chi connectivity index (χ1) is 33.4. The van der Waals surface area contributed by atoms with Gasteiger partial charge in [0, 0.05) is 66.4 Å². The lowest BCUT2D eigenvalue weighted by atomic mass is 9.94. The zero-order valence-corrected chi connectivity index (χ0v) is 47.5. The molecule has 11 nitrogen and oxygen atoms in total. The normalized spacial score (nSPS) is 15.2. The molecule has 0 radical (unpaired) electrons. The van der Waals surface area contributed by atoms with Gasteiger partial charge in [0.1, 0.15) is 65.6 Å². The number of anilines is 2. The first-order valence-electron chi connectivity index (χ1n) is 24.9. The van der Waals surface area contributed by atoms with Crippen LogP contribution in [0.5, 0.6) is 11.5 Å². The molecule has 0 fully saturated rings. The van der Waals surface area contributed by atoms with Crippen molar-refractivity contribution >= 4 is 40.2 Å². The Balaban J connectivity index is 1.78. The van der Waals surface area contributed by atoms with Crippen LogP contribution in [0.1, 0.15) is 94.2 Å². The zero-order chi connectivity index (χ0) is 52.8. The number of benzene rings is 2. The SMILES string of the molecule is CCN(CC)c1ccc(/C=C/C2=CC(=C/C=C/C3=C(C#N)C(=C(C#N)C#N)OC3(C)C)C=C(/C=C/c3ccc(N(CC)CC)cc3OCCO[Si](C)(C)C(C)(C)C)O2)c(OCCO[Si](C)(C)C(C)(C)C)c1. The summed E-state index contributed by atoms with van der Waals surface area (Å²) in [7, 11) is -3.92. The average molecular weight is 998 g/mol. The van der Waals surface area contributed by atoms with Gasteiger partial charge < -0.3 is 37.6 Å². The second kappa shape index (κ2) is 24.9. The first-order valence-corrected chi connectivity index (χ1v) is 30.8. The standard InChI is InChI=1S/C58H79N5O6Si2/c1-17-62(18-2)47-28-24-44(53(38-47)64-32-34-66-70(13,14)56(5,6)7)26-30-49-36-43(22-21-23-52-51(42-61)55(46(40-59)41-60)69-58(52,11)12)37-50(68-49)31-27-45-25-29-48(63(19-3)20-4)39-54(45)65-33-35-67-71(15,16)57(8,9)10/h21-31,36-39H,17-20,32-35H2,1-16H3/b23-21+,30-26+,31-27+. The van der Waals surface area contributed by atoms with Gasteiger partial charge in [0.05, 0.1) is 13.2 Å². The van der Waals surface area contributed by atoms with Crippen molar-refractivity contribution in [2.24, 2.45) is 0 Å². The van der Waals surface area contributed by atoms with Gasteiger partial charge in [-0.3, -0.25) is 0 Å². The maximum absolute atomic E-state index is 10.1. The lowest BCUT2D eigenvalue weighted by Crippen LogP contribution is -2.41. The van der Waals surface area contributed by atoms with E-state index in [0.29, 0.717) is 43.5 Å². The van der Waals surface area contributed by atoms with Crippen LogP contribution in [0, 0.1) is 34.0 Å². The summed E-state index contributed by atoms with van der Waals surface area (Å²) in [5.74, 6) is 2.66. The quantitative estimate of drug-likeness (QED) is 0.0634. The molecule has 2 aromatic rings. The van der Waals surface area contributed by atoms with Crippen molar-refractivity contribution in [1.82, 2.24) is 0 Å². The van der Waals surface area contributed by atoms with Crippen LogP contribution in [-0.4, -0.2) is 74.8 Å². The van der Waals surface area contributed by atoms with Crippen molar-refractivity contribution in [3.8, 4) is 29.7 Å². The van der Waals surface area contributed by atoms with E-state index in [1.54, 1.807) is 19.9 Å². The Hall–Kier alpha value is -6.02. The Morgan fingerprint density at radius 2 is 1.08 bits per heavy atom. The van der Waals surface area contributed by atoms with Gasteiger partial charge in [-0.05, 0) is 144 Å². The highest BCUT2D eigenvalue weighted by molar-refractivity contribution is 6.74. The summed E-state index contributed by atoms with van der Waals surface area (Å²) >= 11 is 0. The van der Waals surface area contributed by atoms with Crippen molar-refractivity contribution in [1.29, 1.82) is 15.8 Å². The molecule has 2 heterocycles. The van der Waals surface area contributed by atoms with Crippen LogP contribution in [0.25, 0.3) is 12.2 Å². The number of hydrogen-bond donors (Lipinski definition) is 0. The predicted molar refractivity (Wildman–Crippen MR) is 296 cm³/mol. The zero-order valence-electron chi connectivity index (χ0n) is 45.5. The van der Waals surface area contributed by atoms with E-state index in [1.165, 1.54) is 0 Å². The van der Waals surface area contributed by atoms with E-state index in [9.17, 15) is 15.8 Å². The van der Waals surface area contributed by atoms with Gasteiger partial charge in [-0.15, -0.1) is 0 Å². The number of nitriles is 3. The minimum atomic E-state index is -1.96. The van der Waals surface area contributed by atoms with Crippen molar-refractivity contribution in [3.63, 3.8) is 0 Å². The van der Waals surface area contributed by atoms with Crippen molar-refractivity contribution in [3.05, 3.63) is 130 Å². The molecule has 13 heteroatoms. The third-order valence-electron chi connectivity index (χ3n) is 13.8. The fourth-order valence-electron chi connectivity index (χ4n) is 7.38. The van der Waals surface area contributed by atoms with E-state index < -0.39 is 22.2 Å². The Kier molecular flexibility index (Phi) is 20.2. The molecule has 0 atom stereocenters. The Morgan fingerprint density at radius 1 is 0.648 bits per heavy atom. The molecule has 2 aliphatic heterocycles. The molecular weight excluding hydrogens is 919 g/mol. The summed E-state index contributed by atoms with van der Waals surface area (Å²) in [4.78, 5) is 4.59. The summed E-state index contributed by atoms with van der Waals surface area (Å²) < 4.78 is 38.5. The van der Waals surface area contributed by atoms with Crippen LogP contribution in [-0.2, 0) is 18.3 Å². The van der Waals surface area contributed by atoms with Crippen molar-refractivity contribution in [2.45, 2.75) is 125 Å². The molecule has 0 aromatic heterocycles. The molecule has 0 spiro atoms. The summed E-state index contributed by atoms with van der Waals surface area (Å²) in [5.41, 5.74) is 4.27. The van der Waals surface area contributed by atoms with Crippen LogP contribution in [0.4, 0.5) is 11.4 Å². The molecule has 2 aliphatic rings. The molecule has 380 valence electrons. The highest BCUT2D eigenvalue weighted by Crippen LogP contribution is 2.41. The highest BCUT2D eigenvalue weighted by Gasteiger charge is 2.39. The topological polar surface area (TPSA) is 133 Å².